The van der Waals surface area contributed by atoms with Crippen molar-refractivity contribution < 1.29 is 9.47 Å². The number of piperidine rings is 1. The Labute approximate surface area is 124 Å². The molecule has 116 valence electrons. The van der Waals surface area contributed by atoms with Crippen LogP contribution in [0.2, 0.25) is 0 Å². The molecule has 21 heavy (non-hydrogen) atoms. The van der Waals surface area contributed by atoms with Crippen LogP contribution in [0, 0.1) is 0 Å². The van der Waals surface area contributed by atoms with Gasteiger partial charge in [0, 0.05) is 44.5 Å². The first-order valence-electron chi connectivity index (χ1n) is 7.67. The normalized spacial score (nSPS) is 22.2. The van der Waals surface area contributed by atoms with E-state index in [1.54, 1.807) is 6.07 Å². The average molecular weight is 293 g/mol. The highest BCUT2D eigenvalue weighted by Crippen LogP contribution is 2.31. The molecule has 0 aromatic carbocycles. The van der Waals surface area contributed by atoms with Crippen molar-refractivity contribution in [3.05, 3.63) is 27.9 Å². The third-order valence-electron chi connectivity index (χ3n) is 4.18. The van der Waals surface area contributed by atoms with Gasteiger partial charge in [-0.1, -0.05) is 13.8 Å². The summed E-state index contributed by atoms with van der Waals surface area (Å²) >= 11 is 0. The fourth-order valence-electron chi connectivity index (χ4n) is 2.95. The number of nitrogens with zero attached hydrogens (tertiary/aromatic N) is 2. The molecule has 3 rings (SSSR count). The first kappa shape index (κ1) is 14.7. The van der Waals surface area contributed by atoms with Crippen molar-refractivity contribution in [1.29, 1.82) is 0 Å². The van der Waals surface area contributed by atoms with Crippen molar-refractivity contribution in [2.24, 2.45) is 0 Å². The lowest BCUT2D eigenvalue weighted by molar-refractivity contribution is -0.185. The molecule has 0 amide bonds. The molecular weight excluding hydrogens is 270 g/mol. The molecule has 0 radical (unpaired) electrons. The Kier molecular flexibility index (Phi) is 4.10. The van der Waals surface area contributed by atoms with E-state index in [0.29, 0.717) is 19.8 Å². The number of ether oxygens (including phenoxy) is 2. The summed E-state index contributed by atoms with van der Waals surface area (Å²) in [7, 11) is 0. The van der Waals surface area contributed by atoms with Gasteiger partial charge in [-0.2, -0.15) is 0 Å². The maximum absolute atomic E-state index is 11.7. The Morgan fingerprint density at radius 1 is 1.33 bits per heavy atom. The minimum Gasteiger partial charge on any atom is -0.347 e. The molecule has 3 heterocycles. The molecule has 1 N–H and O–H groups in total. The number of aromatic nitrogens is 2. The summed E-state index contributed by atoms with van der Waals surface area (Å²) in [6, 6.07) is 1.60. The van der Waals surface area contributed by atoms with Gasteiger partial charge in [0.15, 0.2) is 5.79 Å². The van der Waals surface area contributed by atoms with Crippen LogP contribution in [0.25, 0.3) is 0 Å². The van der Waals surface area contributed by atoms with Gasteiger partial charge in [-0.05, 0) is 0 Å². The number of aromatic amines is 1. The molecule has 0 atom stereocenters. The van der Waals surface area contributed by atoms with Gasteiger partial charge >= 0.3 is 0 Å². The molecule has 1 aromatic heterocycles. The fraction of sp³-hybridized carbons (Fsp3) is 0.733. The number of hydrogen-bond donors (Lipinski definition) is 1. The van der Waals surface area contributed by atoms with E-state index in [0.717, 1.165) is 37.4 Å². The lowest BCUT2D eigenvalue weighted by Gasteiger charge is -2.37. The highest BCUT2D eigenvalue weighted by atomic mass is 16.7. The molecule has 0 unspecified atom stereocenters. The Hall–Kier alpha value is -1.24. The lowest BCUT2D eigenvalue weighted by atomic mass is 10.0. The van der Waals surface area contributed by atoms with Gasteiger partial charge in [-0.25, -0.2) is 4.98 Å². The first-order valence-corrected chi connectivity index (χ1v) is 7.67. The van der Waals surface area contributed by atoms with Crippen LogP contribution in [0.3, 0.4) is 0 Å². The zero-order valence-electron chi connectivity index (χ0n) is 12.7. The van der Waals surface area contributed by atoms with Crippen molar-refractivity contribution >= 4 is 0 Å². The van der Waals surface area contributed by atoms with Crippen LogP contribution < -0.4 is 5.56 Å². The van der Waals surface area contributed by atoms with E-state index >= 15 is 0 Å². The molecule has 0 saturated carbocycles. The van der Waals surface area contributed by atoms with Gasteiger partial charge in [0.05, 0.1) is 18.9 Å². The summed E-state index contributed by atoms with van der Waals surface area (Å²) in [5.74, 6) is 0.636. The summed E-state index contributed by atoms with van der Waals surface area (Å²) in [5, 5.41) is 0. The SMILES string of the molecule is CC(C)c1nc(CN2CCC3(CC2)OCCO3)cc(=O)[nH]1. The zero-order valence-corrected chi connectivity index (χ0v) is 12.7. The van der Waals surface area contributed by atoms with Crippen LogP contribution in [0.1, 0.15) is 44.1 Å². The molecule has 2 aliphatic heterocycles. The van der Waals surface area contributed by atoms with Crippen molar-refractivity contribution in [2.45, 2.75) is 44.9 Å². The zero-order chi connectivity index (χ0) is 14.9. The van der Waals surface area contributed by atoms with E-state index in [9.17, 15) is 4.79 Å². The van der Waals surface area contributed by atoms with E-state index in [1.807, 2.05) is 13.8 Å². The summed E-state index contributed by atoms with van der Waals surface area (Å²) in [5.41, 5.74) is 0.770. The smallest absolute Gasteiger partial charge is 0.251 e. The third kappa shape index (κ3) is 3.33. The second kappa shape index (κ2) is 5.87. The maximum Gasteiger partial charge on any atom is 0.251 e. The number of nitrogens with one attached hydrogen (secondary N) is 1. The standard InChI is InChI=1S/C15H23N3O3/c1-11(2)14-16-12(9-13(19)17-14)10-18-5-3-15(4-6-18)20-7-8-21-15/h9,11H,3-8,10H2,1-2H3,(H,16,17,19). The molecule has 2 fully saturated rings. The number of hydrogen-bond acceptors (Lipinski definition) is 5. The van der Waals surface area contributed by atoms with Gasteiger partial charge in [-0.15, -0.1) is 0 Å². The minimum atomic E-state index is -0.346. The van der Waals surface area contributed by atoms with Gasteiger partial charge in [-0.3, -0.25) is 9.69 Å². The van der Waals surface area contributed by atoms with Gasteiger partial charge in [0.2, 0.25) is 0 Å². The summed E-state index contributed by atoms with van der Waals surface area (Å²) < 4.78 is 11.5. The van der Waals surface area contributed by atoms with Crippen LogP contribution in [-0.2, 0) is 16.0 Å². The quantitative estimate of drug-likeness (QED) is 0.908. The van der Waals surface area contributed by atoms with Crippen LogP contribution in [0.4, 0.5) is 0 Å². The van der Waals surface area contributed by atoms with Gasteiger partial charge in [0.25, 0.3) is 5.56 Å². The predicted octanol–water partition coefficient (Wildman–Crippen LogP) is 1.23. The Balaban J connectivity index is 1.64. The van der Waals surface area contributed by atoms with Crippen molar-refractivity contribution in [3.63, 3.8) is 0 Å². The Morgan fingerprint density at radius 3 is 2.62 bits per heavy atom. The Morgan fingerprint density at radius 2 is 2.00 bits per heavy atom. The highest BCUT2D eigenvalue weighted by molar-refractivity contribution is 5.05. The van der Waals surface area contributed by atoms with Crippen molar-refractivity contribution in [1.82, 2.24) is 14.9 Å². The van der Waals surface area contributed by atoms with E-state index in [2.05, 4.69) is 14.9 Å². The summed E-state index contributed by atoms with van der Waals surface area (Å²) in [4.78, 5) is 21.4. The van der Waals surface area contributed by atoms with Crippen LogP contribution in [0.15, 0.2) is 10.9 Å². The molecule has 2 saturated heterocycles. The second-order valence-electron chi connectivity index (χ2n) is 6.16. The fourth-order valence-corrected chi connectivity index (χ4v) is 2.95. The van der Waals surface area contributed by atoms with Crippen LogP contribution in [-0.4, -0.2) is 47.0 Å². The summed E-state index contributed by atoms with van der Waals surface area (Å²) in [6.07, 6.45) is 1.76. The highest BCUT2D eigenvalue weighted by Gasteiger charge is 2.39. The van der Waals surface area contributed by atoms with Crippen LogP contribution in [0.5, 0.6) is 0 Å². The molecule has 2 aliphatic rings. The Bertz CT molecular complexity index is 539. The van der Waals surface area contributed by atoms with Crippen molar-refractivity contribution in [2.75, 3.05) is 26.3 Å². The largest absolute Gasteiger partial charge is 0.347 e. The minimum absolute atomic E-state index is 0.0698. The van der Waals surface area contributed by atoms with E-state index in [4.69, 9.17) is 9.47 Å². The molecule has 0 aliphatic carbocycles. The van der Waals surface area contributed by atoms with E-state index in [1.165, 1.54) is 0 Å². The average Bonchev–Trinajstić information content (AvgIpc) is 2.89. The second-order valence-corrected chi connectivity index (χ2v) is 6.16. The maximum atomic E-state index is 11.7. The molecular formula is C15H23N3O3. The number of rotatable bonds is 3. The van der Waals surface area contributed by atoms with E-state index < -0.39 is 0 Å². The first-order chi connectivity index (χ1) is 10.1. The predicted molar refractivity (Wildman–Crippen MR) is 78.1 cm³/mol. The molecule has 1 aromatic rings. The third-order valence-corrected chi connectivity index (χ3v) is 4.18. The topological polar surface area (TPSA) is 67.5 Å². The number of likely N-dealkylation sites (tertiary alicyclic amines) is 1. The summed E-state index contributed by atoms with van der Waals surface area (Å²) in [6.45, 7) is 7.99. The monoisotopic (exact) mass is 293 g/mol. The van der Waals surface area contributed by atoms with Crippen molar-refractivity contribution in [3.8, 4) is 0 Å². The molecule has 1 spiro atoms. The van der Waals surface area contributed by atoms with Crippen LogP contribution >= 0.6 is 0 Å². The molecule has 6 nitrogen and oxygen atoms in total. The van der Waals surface area contributed by atoms with Gasteiger partial charge < -0.3 is 14.5 Å². The lowest BCUT2D eigenvalue weighted by Crippen LogP contribution is -2.44. The van der Waals surface area contributed by atoms with E-state index in [-0.39, 0.29) is 17.3 Å². The van der Waals surface area contributed by atoms with Gasteiger partial charge in [0.1, 0.15) is 5.82 Å². The molecule has 0 bridgehead atoms. The molecule has 6 heteroatoms. The number of H-pyrrole nitrogens is 1.